The molecule has 0 aliphatic carbocycles. The van der Waals surface area contributed by atoms with Gasteiger partial charge < -0.3 is 14.7 Å². The first-order valence-corrected chi connectivity index (χ1v) is 6.88. The Labute approximate surface area is 118 Å². The number of ether oxygens (including phenoxy) is 1. The number of carbonyl (C=O) groups is 2. The lowest BCUT2D eigenvalue weighted by Crippen LogP contribution is -2.44. The standard InChI is InChI=1S/C15H19NO4/c1-11-15(19)16(10-6-2-3-9-14(17)18)12-7-4-5-8-13(12)20-11/h4-5,7-8,11H,2-3,6,9-10H2,1H3,(H,17,18). The smallest absolute Gasteiger partial charge is 0.303 e. The number of nitrogens with zero attached hydrogens (tertiary/aromatic N) is 1. The molecule has 1 atom stereocenters. The van der Waals surface area contributed by atoms with Crippen molar-refractivity contribution in [3.63, 3.8) is 0 Å². The lowest BCUT2D eigenvalue weighted by Gasteiger charge is -2.33. The second-order valence-corrected chi connectivity index (χ2v) is 4.92. The Morgan fingerprint density at radius 2 is 2.05 bits per heavy atom. The zero-order valence-corrected chi connectivity index (χ0v) is 11.5. The summed E-state index contributed by atoms with van der Waals surface area (Å²) in [4.78, 5) is 24.3. The van der Waals surface area contributed by atoms with E-state index in [1.54, 1.807) is 11.8 Å². The number of para-hydroxylation sites is 2. The molecule has 1 aliphatic rings. The van der Waals surface area contributed by atoms with Crippen LogP contribution in [-0.4, -0.2) is 29.6 Å². The molecule has 5 nitrogen and oxygen atoms in total. The highest BCUT2D eigenvalue weighted by molar-refractivity contribution is 5.99. The van der Waals surface area contributed by atoms with Gasteiger partial charge in [0.15, 0.2) is 6.10 Å². The SMILES string of the molecule is CC1Oc2ccccc2N(CCCCCC(=O)O)C1=O. The first-order chi connectivity index (χ1) is 9.59. The molecule has 1 aliphatic heterocycles. The minimum Gasteiger partial charge on any atom is -0.481 e. The second-order valence-electron chi connectivity index (χ2n) is 4.92. The van der Waals surface area contributed by atoms with Gasteiger partial charge in [0.2, 0.25) is 0 Å². The molecule has 108 valence electrons. The summed E-state index contributed by atoms with van der Waals surface area (Å²) in [5, 5.41) is 8.59. The van der Waals surface area contributed by atoms with Gasteiger partial charge >= 0.3 is 5.97 Å². The van der Waals surface area contributed by atoms with E-state index in [0.717, 1.165) is 24.3 Å². The molecular weight excluding hydrogens is 258 g/mol. The Balaban J connectivity index is 1.96. The average molecular weight is 277 g/mol. The quantitative estimate of drug-likeness (QED) is 0.811. The number of aliphatic carboxylic acids is 1. The third-order valence-electron chi connectivity index (χ3n) is 3.35. The number of carboxylic acid groups (broad SMARTS) is 1. The van der Waals surface area contributed by atoms with Crippen molar-refractivity contribution in [2.24, 2.45) is 0 Å². The van der Waals surface area contributed by atoms with Crippen molar-refractivity contribution >= 4 is 17.6 Å². The maximum Gasteiger partial charge on any atom is 0.303 e. The molecule has 1 N–H and O–H groups in total. The van der Waals surface area contributed by atoms with Crippen LogP contribution in [0.3, 0.4) is 0 Å². The van der Waals surface area contributed by atoms with Crippen LogP contribution in [0.25, 0.3) is 0 Å². The van der Waals surface area contributed by atoms with Gasteiger partial charge in [-0.05, 0) is 31.9 Å². The van der Waals surface area contributed by atoms with Crippen LogP contribution in [0.1, 0.15) is 32.6 Å². The van der Waals surface area contributed by atoms with Crippen LogP contribution in [0.5, 0.6) is 5.75 Å². The maximum absolute atomic E-state index is 12.2. The van der Waals surface area contributed by atoms with Crippen LogP contribution in [0.4, 0.5) is 5.69 Å². The first kappa shape index (κ1) is 14.4. The van der Waals surface area contributed by atoms with Gasteiger partial charge in [0.05, 0.1) is 5.69 Å². The summed E-state index contributed by atoms with van der Waals surface area (Å²) in [5.41, 5.74) is 0.800. The normalized spacial score (nSPS) is 17.6. The molecule has 0 saturated heterocycles. The summed E-state index contributed by atoms with van der Waals surface area (Å²) in [5.74, 6) is -0.0847. The lowest BCUT2D eigenvalue weighted by molar-refractivity contribution is -0.137. The van der Waals surface area contributed by atoms with E-state index in [9.17, 15) is 9.59 Å². The molecule has 1 aromatic carbocycles. The molecule has 5 heteroatoms. The largest absolute Gasteiger partial charge is 0.481 e. The minimum atomic E-state index is -0.772. The van der Waals surface area contributed by atoms with Gasteiger partial charge in [0.25, 0.3) is 5.91 Å². The number of unbranched alkanes of at least 4 members (excludes halogenated alkanes) is 2. The van der Waals surface area contributed by atoms with Gasteiger partial charge in [0.1, 0.15) is 5.75 Å². The molecule has 0 radical (unpaired) electrons. The Kier molecular flexibility index (Phi) is 4.61. The first-order valence-electron chi connectivity index (χ1n) is 6.88. The highest BCUT2D eigenvalue weighted by atomic mass is 16.5. The van der Waals surface area contributed by atoms with Gasteiger partial charge in [-0.3, -0.25) is 9.59 Å². The number of fused-ring (bicyclic) bond motifs is 1. The van der Waals surface area contributed by atoms with E-state index in [2.05, 4.69) is 0 Å². The maximum atomic E-state index is 12.2. The van der Waals surface area contributed by atoms with Crippen molar-refractivity contribution in [3.05, 3.63) is 24.3 Å². The van der Waals surface area contributed by atoms with E-state index in [4.69, 9.17) is 9.84 Å². The van der Waals surface area contributed by atoms with Crippen LogP contribution < -0.4 is 9.64 Å². The Hall–Kier alpha value is -2.04. The molecule has 1 unspecified atom stereocenters. The summed E-state index contributed by atoms with van der Waals surface area (Å²) < 4.78 is 5.56. The summed E-state index contributed by atoms with van der Waals surface area (Å²) in [6.45, 7) is 2.35. The summed E-state index contributed by atoms with van der Waals surface area (Å²) in [6, 6.07) is 7.49. The molecule has 1 heterocycles. The number of rotatable bonds is 6. The third kappa shape index (κ3) is 3.29. The van der Waals surface area contributed by atoms with Crippen molar-refractivity contribution in [2.45, 2.75) is 38.7 Å². The van der Waals surface area contributed by atoms with E-state index in [1.807, 2.05) is 24.3 Å². The fourth-order valence-electron chi connectivity index (χ4n) is 2.31. The Bertz CT molecular complexity index is 500. The predicted octanol–water partition coefficient (Wildman–Crippen LogP) is 2.45. The van der Waals surface area contributed by atoms with Crippen LogP contribution in [0.15, 0.2) is 24.3 Å². The van der Waals surface area contributed by atoms with Gasteiger partial charge in [-0.15, -0.1) is 0 Å². The van der Waals surface area contributed by atoms with E-state index in [1.165, 1.54) is 0 Å². The molecule has 1 amide bonds. The summed E-state index contributed by atoms with van der Waals surface area (Å²) >= 11 is 0. The van der Waals surface area contributed by atoms with Crippen LogP contribution in [-0.2, 0) is 9.59 Å². The van der Waals surface area contributed by atoms with E-state index in [-0.39, 0.29) is 12.3 Å². The number of carbonyl (C=O) groups excluding carboxylic acids is 1. The van der Waals surface area contributed by atoms with E-state index >= 15 is 0 Å². The number of amides is 1. The number of hydrogen-bond donors (Lipinski definition) is 1. The average Bonchev–Trinajstić information content (AvgIpc) is 2.42. The molecular formula is C15H19NO4. The van der Waals surface area contributed by atoms with E-state index in [0.29, 0.717) is 13.0 Å². The Morgan fingerprint density at radius 3 is 2.80 bits per heavy atom. The van der Waals surface area contributed by atoms with Crippen LogP contribution in [0, 0.1) is 0 Å². The highest BCUT2D eigenvalue weighted by Crippen LogP contribution is 2.33. The molecule has 0 bridgehead atoms. The Morgan fingerprint density at radius 1 is 1.30 bits per heavy atom. The van der Waals surface area contributed by atoms with Crippen LogP contribution in [0.2, 0.25) is 0 Å². The van der Waals surface area contributed by atoms with Crippen molar-refractivity contribution in [1.82, 2.24) is 0 Å². The number of benzene rings is 1. The monoisotopic (exact) mass is 277 g/mol. The fraction of sp³-hybridized carbons (Fsp3) is 0.467. The molecule has 1 aromatic rings. The number of hydrogen-bond acceptors (Lipinski definition) is 3. The van der Waals surface area contributed by atoms with Gasteiger partial charge in [0, 0.05) is 13.0 Å². The van der Waals surface area contributed by atoms with Gasteiger partial charge in [-0.2, -0.15) is 0 Å². The number of carboxylic acids is 1. The summed E-state index contributed by atoms with van der Waals surface area (Å²) in [6.07, 6.45) is 1.95. The third-order valence-corrected chi connectivity index (χ3v) is 3.35. The molecule has 20 heavy (non-hydrogen) atoms. The molecule has 0 spiro atoms. The van der Waals surface area contributed by atoms with Crippen molar-refractivity contribution < 1.29 is 19.4 Å². The van der Waals surface area contributed by atoms with Gasteiger partial charge in [-0.25, -0.2) is 0 Å². The molecule has 0 fully saturated rings. The van der Waals surface area contributed by atoms with Gasteiger partial charge in [-0.1, -0.05) is 18.6 Å². The topological polar surface area (TPSA) is 66.8 Å². The molecule has 2 rings (SSSR count). The number of anilines is 1. The van der Waals surface area contributed by atoms with E-state index < -0.39 is 12.1 Å². The van der Waals surface area contributed by atoms with Crippen LogP contribution >= 0.6 is 0 Å². The minimum absolute atomic E-state index is 0.0399. The summed E-state index contributed by atoms with van der Waals surface area (Å²) in [7, 11) is 0. The fourth-order valence-corrected chi connectivity index (χ4v) is 2.31. The zero-order chi connectivity index (χ0) is 14.5. The van der Waals surface area contributed by atoms with Crippen molar-refractivity contribution in [2.75, 3.05) is 11.4 Å². The molecule has 0 saturated carbocycles. The second kappa shape index (κ2) is 6.41. The lowest BCUT2D eigenvalue weighted by atomic mass is 10.1. The predicted molar refractivity (Wildman–Crippen MR) is 75.0 cm³/mol. The van der Waals surface area contributed by atoms with Crippen molar-refractivity contribution in [3.8, 4) is 5.75 Å². The van der Waals surface area contributed by atoms with Crippen molar-refractivity contribution in [1.29, 1.82) is 0 Å². The molecule has 0 aromatic heterocycles. The zero-order valence-electron chi connectivity index (χ0n) is 11.5. The highest BCUT2D eigenvalue weighted by Gasteiger charge is 2.30.